The molecule has 0 aliphatic rings. The molecule has 20 heavy (non-hydrogen) atoms. The molecule has 0 atom stereocenters. The highest BCUT2D eigenvalue weighted by Crippen LogP contribution is 2.38. The maximum Gasteiger partial charge on any atom is 0.325 e. The molecule has 0 unspecified atom stereocenters. The zero-order valence-corrected chi connectivity index (χ0v) is 13.5. The van der Waals surface area contributed by atoms with Crippen LogP contribution >= 0.6 is 15.2 Å². The number of hydrogen-bond donors (Lipinski definition) is 6. The minimum Gasteiger partial charge on any atom is -0.330 e. The Morgan fingerprint density at radius 1 is 0.600 bits per heavy atom. The van der Waals surface area contributed by atoms with Crippen LogP contribution in [-0.2, 0) is 9.13 Å². The summed E-state index contributed by atoms with van der Waals surface area (Å²) in [5.41, 5.74) is 10.6. The number of rotatable bonds is 10. The number of hydrogen-bond acceptors (Lipinski definition) is 4. The van der Waals surface area contributed by atoms with E-state index in [-0.39, 0.29) is 25.2 Å². The quantitative estimate of drug-likeness (QED) is 0.249. The van der Waals surface area contributed by atoms with Crippen LogP contribution in [0, 0.1) is 0 Å². The molecule has 0 heterocycles. The van der Waals surface area contributed by atoms with Crippen LogP contribution in [0.5, 0.6) is 0 Å². The van der Waals surface area contributed by atoms with Crippen LogP contribution in [-0.4, -0.2) is 45.0 Å². The highest BCUT2D eigenvalue weighted by Gasteiger charge is 2.15. The summed E-state index contributed by atoms with van der Waals surface area (Å²) in [4.78, 5) is 33.5. The fraction of sp³-hybridized carbons (Fsp3) is 1.00. The first-order valence-corrected chi connectivity index (χ1v) is 10.2. The standard InChI is InChI=1S/C6H16N2.C4H12O6P2/c7-5-3-1-2-4-6-8;5-11(6,7)3-1-2-4-12(8,9)10/h1-8H2;1-4H2,(H2,5,6,7)(H2,8,9,10). The third-order valence-electron chi connectivity index (χ3n) is 2.31. The number of unbranched alkanes of at least 4 members (excludes halogenated alkanes) is 4. The molecule has 0 aromatic carbocycles. The Labute approximate surface area is 120 Å². The van der Waals surface area contributed by atoms with Crippen molar-refractivity contribution >= 4 is 15.2 Å². The van der Waals surface area contributed by atoms with E-state index >= 15 is 0 Å². The van der Waals surface area contributed by atoms with Gasteiger partial charge in [-0.15, -0.1) is 0 Å². The molecule has 0 radical (unpaired) electrons. The average molecular weight is 334 g/mol. The molecule has 0 rings (SSSR count). The summed E-state index contributed by atoms with van der Waals surface area (Å²) in [6.07, 6.45) is 4.44. The van der Waals surface area contributed by atoms with Crippen LogP contribution in [0.1, 0.15) is 38.5 Å². The third-order valence-corrected chi connectivity index (χ3v) is 4.10. The van der Waals surface area contributed by atoms with E-state index < -0.39 is 15.2 Å². The molecule has 0 saturated heterocycles. The molecule has 0 aromatic rings. The van der Waals surface area contributed by atoms with Gasteiger partial charge >= 0.3 is 15.2 Å². The topological polar surface area (TPSA) is 167 Å². The maximum absolute atomic E-state index is 10.3. The van der Waals surface area contributed by atoms with Gasteiger partial charge in [0.2, 0.25) is 0 Å². The summed E-state index contributed by atoms with van der Waals surface area (Å²) in [7, 11) is -8.00. The van der Waals surface area contributed by atoms with Crippen molar-refractivity contribution < 1.29 is 28.7 Å². The Bertz CT molecular complexity index is 274. The predicted octanol–water partition coefficient (Wildman–Crippen LogP) is 0.586. The summed E-state index contributed by atoms with van der Waals surface area (Å²) >= 11 is 0. The molecule has 0 aliphatic heterocycles. The highest BCUT2D eigenvalue weighted by molar-refractivity contribution is 7.52. The minimum absolute atomic E-state index is 0.134. The fourth-order valence-corrected chi connectivity index (χ4v) is 2.55. The summed E-state index contributed by atoms with van der Waals surface area (Å²) in [6.45, 7) is 1.65. The first-order chi connectivity index (χ1) is 9.12. The lowest BCUT2D eigenvalue weighted by molar-refractivity contribution is 0.364. The SMILES string of the molecule is NCCCCCCN.O=P(O)(O)CCCCP(=O)(O)O. The minimum atomic E-state index is -4.00. The van der Waals surface area contributed by atoms with E-state index in [0.717, 1.165) is 25.9 Å². The van der Waals surface area contributed by atoms with Gasteiger partial charge in [0, 0.05) is 12.3 Å². The van der Waals surface area contributed by atoms with Crippen molar-refractivity contribution in [3.05, 3.63) is 0 Å². The Kier molecular flexibility index (Phi) is 14.5. The van der Waals surface area contributed by atoms with Crippen molar-refractivity contribution in [3.8, 4) is 0 Å². The van der Waals surface area contributed by atoms with Gasteiger partial charge in [0.25, 0.3) is 0 Å². The van der Waals surface area contributed by atoms with Gasteiger partial charge in [0.1, 0.15) is 0 Å². The van der Waals surface area contributed by atoms with E-state index in [9.17, 15) is 9.13 Å². The smallest absolute Gasteiger partial charge is 0.325 e. The average Bonchev–Trinajstić information content (AvgIpc) is 2.29. The molecule has 0 aliphatic carbocycles. The fourth-order valence-electron chi connectivity index (χ4n) is 1.28. The van der Waals surface area contributed by atoms with Crippen LogP contribution in [0.25, 0.3) is 0 Å². The van der Waals surface area contributed by atoms with Gasteiger partial charge in [-0.2, -0.15) is 0 Å². The van der Waals surface area contributed by atoms with Gasteiger partial charge in [-0.1, -0.05) is 12.8 Å². The van der Waals surface area contributed by atoms with E-state index in [1.165, 1.54) is 12.8 Å². The van der Waals surface area contributed by atoms with Crippen molar-refractivity contribution in [2.24, 2.45) is 11.5 Å². The third kappa shape index (κ3) is 26.7. The molecule has 8 nitrogen and oxygen atoms in total. The molecular weight excluding hydrogens is 306 g/mol. The van der Waals surface area contributed by atoms with Gasteiger partial charge in [0.15, 0.2) is 0 Å². The molecule has 0 bridgehead atoms. The Balaban J connectivity index is 0. The van der Waals surface area contributed by atoms with Gasteiger partial charge < -0.3 is 31.0 Å². The van der Waals surface area contributed by atoms with Crippen LogP contribution in [0.2, 0.25) is 0 Å². The lowest BCUT2D eigenvalue weighted by Gasteiger charge is -2.04. The van der Waals surface area contributed by atoms with Crippen LogP contribution < -0.4 is 11.5 Å². The largest absolute Gasteiger partial charge is 0.330 e. The molecule has 0 saturated carbocycles. The molecule has 0 spiro atoms. The van der Waals surface area contributed by atoms with E-state index in [2.05, 4.69) is 0 Å². The summed E-state index contributed by atoms with van der Waals surface area (Å²) in [5.74, 6) is 0. The second-order valence-corrected chi connectivity index (χ2v) is 8.03. The summed E-state index contributed by atoms with van der Waals surface area (Å²) < 4.78 is 20.5. The van der Waals surface area contributed by atoms with E-state index in [1.54, 1.807) is 0 Å². The molecule has 0 fully saturated rings. The van der Waals surface area contributed by atoms with Crippen molar-refractivity contribution in [1.82, 2.24) is 0 Å². The normalized spacial score (nSPS) is 11.9. The first-order valence-electron chi connectivity index (χ1n) is 6.61. The van der Waals surface area contributed by atoms with Gasteiger partial charge in [0.05, 0.1) is 0 Å². The molecule has 124 valence electrons. The zero-order chi connectivity index (χ0) is 16.1. The van der Waals surface area contributed by atoms with Crippen molar-refractivity contribution in [2.75, 3.05) is 25.4 Å². The second kappa shape index (κ2) is 12.9. The van der Waals surface area contributed by atoms with Crippen LogP contribution in [0.15, 0.2) is 0 Å². The van der Waals surface area contributed by atoms with E-state index in [4.69, 9.17) is 31.0 Å². The summed E-state index contributed by atoms with van der Waals surface area (Å²) in [5, 5.41) is 0. The Morgan fingerprint density at radius 2 is 0.900 bits per heavy atom. The lowest BCUT2D eigenvalue weighted by Crippen LogP contribution is -2.00. The van der Waals surface area contributed by atoms with Crippen LogP contribution in [0.3, 0.4) is 0 Å². The molecule has 8 N–H and O–H groups in total. The monoisotopic (exact) mass is 334 g/mol. The molecular formula is C10H28N2O6P2. The number of nitrogens with two attached hydrogens (primary N) is 2. The van der Waals surface area contributed by atoms with Gasteiger partial charge in [-0.25, -0.2) is 0 Å². The first kappa shape index (κ1) is 22.5. The Morgan fingerprint density at radius 3 is 1.10 bits per heavy atom. The van der Waals surface area contributed by atoms with E-state index in [0.29, 0.717) is 0 Å². The predicted molar refractivity (Wildman–Crippen MR) is 79.6 cm³/mol. The van der Waals surface area contributed by atoms with Gasteiger partial charge in [-0.05, 0) is 38.8 Å². The maximum atomic E-state index is 10.3. The zero-order valence-electron chi connectivity index (χ0n) is 11.7. The van der Waals surface area contributed by atoms with Crippen LogP contribution in [0.4, 0.5) is 0 Å². The van der Waals surface area contributed by atoms with Crippen molar-refractivity contribution in [2.45, 2.75) is 38.5 Å². The molecule has 0 amide bonds. The van der Waals surface area contributed by atoms with Crippen molar-refractivity contribution in [1.29, 1.82) is 0 Å². The van der Waals surface area contributed by atoms with E-state index in [1.807, 2.05) is 0 Å². The second-order valence-electron chi connectivity index (χ2n) is 4.48. The van der Waals surface area contributed by atoms with Gasteiger partial charge in [-0.3, -0.25) is 9.13 Å². The molecule has 10 heteroatoms. The lowest BCUT2D eigenvalue weighted by atomic mass is 10.2. The molecule has 0 aromatic heterocycles. The highest BCUT2D eigenvalue weighted by atomic mass is 31.2. The van der Waals surface area contributed by atoms with Crippen molar-refractivity contribution in [3.63, 3.8) is 0 Å². The Hall–Kier alpha value is 0.220. The summed E-state index contributed by atoms with van der Waals surface area (Å²) in [6, 6.07) is 0.